The second kappa shape index (κ2) is 5.48. The van der Waals surface area contributed by atoms with Gasteiger partial charge in [0.05, 0.1) is 5.41 Å². The van der Waals surface area contributed by atoms with E-state index in [2.05, 4.69) is 15.4 Å². The molecule has 0 aliphatic carbocycles. The smallest absolute Gasteiger partial charge is 0.324 e. The maximum absolute atomic E-state index is 12.1. The number of carbonyl (C=O) groups excluding carboxylic acids is 1. The summed E-state index contributed by atoms with van der Waals surface area (Å²) in [6, 6.07) is -0.267. The number of urea groups is 1. The Morgan fingerprint density at radius 1 is 1.45 bits per heavy atom. The molecule has 1 aliphatic rings. The van der Waals surface area contributed by atoms with Gasteiger partial charge in [0.25, 0.3) is 0 Å². The second-order valence-electron chi connectivity index (χ2n) is 5.06. The van der Waals surface area contributed by atoms with Crippen molar-refractivity contribution in [2.45, 2.75) is 26.2 Å². The lowest BCUT2D eigenvalue weighted by atomic mass is 9.76. The second-order valence-corrected chi connectivity index (χ2v) is 5.06. The molecule has 0 bridgehead atoms. The van der Waals surface area contributed by atoms with E-state index in [4.69, 9.17) is 0 Å². The molecule has 1 aromatic heterocycles. The van der Waals surface area contributed by atoms with Crippen molar-refractivity contribution in [3.05, 3.63) is 6.33 Å². The number of aryl methyl sites for hydroxylation is 1. The third-order valence-electron chi connectivity index (χ3n) is 4.07. The predicted molar refractivity (Wildman–Crippen MR) is 71.2 cm³/mol. The van der Waals surface area contributed by atoms with Gasteiger partial charge in [0.1, 0.15) is 6.33 Å². The number of amides is 2. The van der Waals surface area contributed by atoms with Crippen molar-refractivity contribution < 1.29 is 14.7 Å². The first-order valence-corrected chi connectivity index (χ1v) is 6.62. The minimum absolute atomic E-state index is 0.267. The molecule has 8 nitrogen and oxygen atoms in total. The molecule has 1 saturated heterocycles. The van der Waals surface area contributed by atoms with Crippen molar-refractivity contribution in [3.63, 3.8) is 0 Å². The Morgan fingerprint density at radius 3 is 2.55 bits per heavy atom. The molecule has 2 amide bonds. The Bertz CT molecular complexity index is 505. The maximum atomic E-state index is 12.1. The number of nitrogens with zero attached hydrogens (tertiary/aromatic N) is 4. The molecule has 0 spiro atoms. The Kier molecular flexibility index (Phi) is 3.91. The van der Waals surface area contributed by atoms with Crippen molar-refractivity contribution >= 4 is 17.9 Å². The standard InChI is InChI=1S/C12H19N5O3/c1-3-12(9(18)19)4-6-17(7-5-12)11(20)15-10-13-8-14-16(10)2/h8H,3-7H2,1-2H3,(H,18,19)(H,13,14,15,20). The number of aliphatic carboxylic acids is 1. The highest BCUT2D eigenvalue weighted by molar-refractivity contribution is 5.87. The largest absolute Gasteiger partial charge is 0.481 e. The van der Waals surface area contributed by atoms with Gasteiger partial charge in [-0.3, -0.25) is 10.1 Å². The maximum Gasteiger partial charge on any atom is 0.324 e. The molecule has 8 heteroatoms. The summed E-state index contributed by atoms with van der Waals surface area (Å²) in [5, 5.41) is 15.8. The van der Waals surface area contributed by atoms with Gasteiger partial charge in [0.2, 0.25) is 5.95 Å². The van der Waals surface area contributed by atoms with Gasteiger partial charge < -0.3 is 10.0 Å². The van der Waals surface area contributed by atoms with Crippen LogP contribution in [0.2, 0.25) is 0 Å². The zero-order valence-electron chi connectivity index (χ0n) is 11.7. The topological polar surface area (TPSA) is 100 Å². The number of nitrogens with one attached hydrogen (secondary N) is 1. The summed E-state index contributed by atoms with van der Waals surface area (Å²) in [5.74, 6) is -0.395. The van der Waals surface area contributed by atoms with Crippen LogP contribution in [0.15, 0.2) is 6.33 Å². The van der Waals surface area contributed by atoms with Gasteiger partial charge in [-0.05, 0) is 19.3 Å². The minimum Gasteiger partial charge on any atom is -0.481 e. The summed E-state index contributed by atoms with van der Waals surface area (Å²) >= 11 is 0. The number of likely N-dealkylation sites (tertiary alicyclic amines) is 1. The monoisotopic (exact) mass is 281 g/mol. The normalized spacial score (nSPS) is 17.8. The summed E-state index contributed by atoms with van der Waals surface area (Å²) in [7, 11) is 1.69. The summed E-state index contributed by atoms with van der Waals surface area (Å²) in [6.07, 6.45) is 2.90. The Morgan fingerprint density at radius 2 is 2.10 bits per heavy atom. The van der Waals surface area contributed by atoms with E-state index in [1.807, 2.05) is 6.92 Å². The summed E-state index contributed by atoms with van der Waals surface area (Å²) in [5.41, 5.74) is -0.693. The number of piperidine rings is 1. The molecule has 0 atom stereocenters. The Labute approximate surface area is 116 Å². The van der Waals surface area contributed by atoms with Crippen LogP contribution in [0.1, 0.15) is 26.2 Å². The number of carboxylic acids is 1. The fraction of sp³-hybridized carbons (Fsp3) is 0.667. The number of carbonyl (C=O) groups is 2. The highest BCUT2D eigenvalue weighted by Crippen LogP contribution is 2.35. The molecule has 1 aliphatic heterocycles. The predicted octanol–water partition coefficient (Wildman–Crippen LogP) is 0.924. The fourth-order valence-electron chi connectivity index (χ4n) is 2.44. The van der Waals surface area contributed by atoms with Crippen LogP contribution in [0, 0.1) is 5.41 Å². The average Bonchev–Trinajstić information content (AvgIpc) is 2.84. The van der Waals surface area contributed by atoms with E-state index in [1.54, 1.807) is 11.9 Å². The van der Waals surface area contributed by atoms with E-state index in [1.165, 1.54) is 11.0 Å². The molecule has 1 aromatic rings. The molecule has 0 aromatic carbocycles. The van der Waals surface area contributed by atoms with Crippen LogP contribution in [0.25, 0.3) is 0 Å². The van der Waals surface area contributed by atoms with E-state index in [0.29, 0.717) is 38.3 Å². The van der Waals surface area contributed by atoms with Gasteiger partial charge >= 0.3 is 12.0 Å². The molecular formula is C12H19N5O3. The number of hydrogen-bond donors (Lipinski definition) is 2. The molecule has 2 rings (SSSR count). The quantitative estimate of drug-likeness (QED) is 0.858. The molecular weight excluding hydrogens is 262 g/mol. The van der Waals surface area contributed by atoms with Crippen LogP contribution >= 0.6 is 0 Å². The van der Waals surface area contributed by atoms with Crippen molar-refractivity contribution in [3.8, 4) is 0 Å². The summed E-state index contributed by atoms with van der Waals surface area (Å²) in [4.78, 5) is 29.0. The van der Waals surface area contributed by atoms with E-state index >= 15 is 0 Å². The van der Waals surface area contributed by atoms with E-state index < -0.39 is 11.4 Å². The molecule has 0 unspecified atom stereocenters. The van der Waals surface area contributed by atoms with Crippen molar-refractivity contribution in [2.24, 2.45) is 12.5 Å². The van der Waals surface area contributed by atoms with Crippen molar-refractivity contribution in [1.29, 1.82) is 0 Å². The molecule has 110 valence electrons. The zero-order chi connectivity index (χ0) is 14.8. The first kappa shape index (κ1) is 14.3. The first-order chi connectivity index (χ1) is 9.48. The molecule has 2 N–H and O–H groups in total. The summed E-state index contributed by atoms with van der Waals surface area (Å²) in [6.45, 7) is 2.75. The Balaban J connectivity index is 1.95. The summed E-state index contributed by atoms with van der Waals surface area (Å²) < 4.78 is 1.47. The van der Waals surface area contributed by atoms with Gasteiger partial charge in [0, 0.05) is 20.1 Å². The van der Waals surface area contributed by atoms with Crippen LogP contribution < -0.4 is 5.32 Å². The van der Waals surface area contributed by atoms with Crippen LogP contribution in [0.3, 0.4) is 0 Å². The Hall–Kier alpha value is -2.12. The zero-order valence-corrected chi connectivity index (χ0v) is 11.7. The third kappa shape index (κ3) is 2.59. The molecule has 20 heavy (non-hydrogen) atoms. The molecule has 0 saturated carbocycles. The fourth-order valence-corrected chi connectivity index (χ4v) is 2.44. The lowest BCUT2D eigenvalue weighted by Gasteiger charge is -2.38. The number of hydrogen-bond acceptors (Lipinski definition) is 4. The lowest BCUT2D eigenvalue weighted by molar-refractivity contribution is -0.151. The number of carboxylic acid groups (broad SMARTS) is 1. The van der Waals surface area contributed by atoms with E-state index in [-0.39, 0.29) is 6.03 Å². The van der Waals surface area contributed by atoms with Gasteiger partial charge in [-0.2, -0.15) is 10.1 Å². The third-order valence-corrected chi connectivity index (χ3v) is 4.07. The van der Waals surface area contributed by atoms with Gasteiger partial charge in [-0.1, -0.05) is 6.92 Å². The van der Waals surface area contributed by atoms with Gasteiger partial charge in [-0.15, -0.1) is 0 Å². The van der Waals surface area contributed by atoms with Gasteiger partial charge in [0.15, 0.2) is 0 Å². The van der Waals surface area contributed by atoms with Crippen LogP contribution in [-0.4, -0.2) is 49.9 Å². The van der Waals surface area contributed by atoms with Gasteiger partial charge in [-0.25, -0.2) is 9.48 Å². The molecule has 2 heterocycles. The lowest BCUT2D eigenvalue weighted by Crippen LogP contribution is -2.47. The van der Waals surface area contributed by atoms with Crippen molar-refractivity contribution in [1.82, 2.24) is 19.7 Å². The SMILES string of the molecule is CCC1(C(=O)O)CCN(C(=O)Nc2ncnn2C)CC1. The molecule has 0 radical (unpaired) electrons. The van der Waals surface area contributed by atoms with E-state index in [9.17, 15) is 14.7 Å². The highest BCUT2D eigenvalue weighted by Gasteiger charge is 2.40. The number of rotatable bonds is 3. The van der Waals surface area contributed by atoms with Crippen LogP contribution in [-0.2, 0) is 11.8 Å². The first-order valence-electron chi connectivity index (χ1n) is 6.62. The molecule has 1 fully saturated rings. The van der Waals surface area contributed by atoms with Crippen LogP contribution in [0.4, 0.5) is 10.7 Å². The highest BCUT2D eigenvalue weighted by atomic mass is 16.4. The number of aromatic nitrogens is 3. The average molecular weight is 281 g/mol. The van der Waals surface area contributed by atoms with Crippen LogP contribution in [0.5, 0.6) is 0 Å². The van der Waals surface area contributed by atoms with E-state index in [0.717, 1.165) is 0 Å². The van der Waals surface area contributed by atoms with Crippen molar-refractivity contribution in [2.75, 3.05) is 18.4 Å². The number of anilines is 1. The minimum atomic E-state index is -0.770.